The SMILES string of the molecule is C=CC[Si](C)(C)OC(C)CCCC. The number of hydrogen-bond donors (Lipinski definition) is 0. The maximum absolute atomic E-state index is 6.05. The standard InChI is InChI=1S/C11H24OSi/c1-6-8-9-11(3)12-13(4,5)10-7-2/h7,11H,2,6,8-10H2,1,3-5H3. The van der Waals surface area contributed by atoms with Crippen molar-refractivity contribution in [2.45, 2.75) is 58.4 Å². The normalized spacial score (nSPS) is 14.2. The van der Waals surface area contributed by atoms with Crippen LogP contribution in [0.4, 0.5) is 0 Å². The maximum Gasteiger partial charge on any atom is 0.190 e. The minimum atomic E-state index is -1.43. The molecule has 0 aliphatic rings. The molecular weight excluding hydrogens is 176 g/mol. The van der Waals surface area contributed by atoms with E-state index in [9.17, 15) is 0 Å². The molecule has 1 nitrogen and oxygen atoms in total. The summed E-state index contributed by atoms with van der Waals surface area (Å²) in [6.07, 6.45) is 6.15. The van der Waals surface area contributed by atoms with E-state index in [1.165, 1.54) is 19.3 Å². The molecule has 0 heterocycles. The zero-order valence-corrected chi connectivity index (χ0v) is 10.6. The van der Waals surface area contributed by atoms with Gasteiger partial charge in [-0.3, -0.25) is 0 Å². The van der Waals surface area contributed by atoms with Crippen LogP contribution in [0.15, 0.2) is 12.7 Å². The van der Waals surface area contributed by atoms with Crippen LogP contribution >= 0.6 is 0 Å². The molecule has 0 amide bonds. The van der Waals surface area contributed by atoms with E-state index in [4.69, 9.17) is 4.43 Å². The van der Waals surface area contributed by atoms with Crippen molar-refractivity contribution < 1.29 is 4.43 Å². The Morgan fingerprint density at radius 2 is 2.08 bits per heavy atom. The van der Waals surface area contributed by atoms with Crippen molar-refractivity contribution in [3.8, 4) is 0 Å². The Balaban J connectivity index is 3.74. The van der Waals surface area contributed by atoms with Gasteiger partial charge in [0.05, 0.1) is 0 Å². The van der Waals surface area contributed by atoms with Crippen molar-refractivity contribution in [2.75, 3.05) is 0 Å². The fraction of sp³-hybridized carbons (Fsp3) is 0.818. The zero-order chi connectivity index (χ0) is 10.3. The summed E-state index contributed by atoms with van der Waals surface area (Å²) in [6.45, 7) is 12.7. The highest BCUT2D eigenvalue weighted by atomic mass is 28.4. The average molecular weight is 200 g/mol. The van der Waals surface area contributed by atoms with Crippen LogP contribution in [-0.2, 0) is 4.43 Å². The van der Waals surface area contributed by atoms with Crippen LogP contribution in [0.1, 0.15) is 33.1 Å². The summed E-state index contributed by atoms with van der Waals surface area (Å²) in [5, 5.41) is 0. The van der Waals surface area contributed by atoms with Gasteiger partial charge in [-0.15, -0.1) is 6.58 Å². The Labute approximate surface area is 84.3 Å². The van der Waals surface area contributed by atoms with Crippen LogP contribution in [0.2, 0.25) is 19.1 Å². The molecule has 0 saturated heterocycles. The molecule has 1 atom stereocenters. The van der Waals surface area contributed by atoms with Gasteiger partial charge in [0.2, 0.25) is 0 Å². The van der Waals surface area contributed by atoms with Crippen molar-refractivity contribution in [1.29, 1.82) is 0 Å². The van der Waals surface area contributed by atoms with Crippen LogP contribution in [0.3, 0.4) is 0 Å². The Hall–Kier alpha value is -0.0831. The smallest absolute Gasteiger partial charge is 0.190 e. The van der Waals surface area contributed by atoms with Gasteiger partial charge in [-0.1, -0.05) is 25.8 Å². The van der Waals surface area contributed by atoms with Gasteiger partial charge in [0, 0.05) is 6.10 Å². The van der Waals surface area contributed by atoms with Crippen molar-refractivity contribution in [3.63, 3.8) is 0 Å². The molecule has 0 spiro atoms. The molecule has 0 radical (unpaired) electrons. The molecule has 0 bridgehead atoms. The molecule has 0 rings (SSSR count). The van der Waals surface area contributed by atoms with E-state index in [-0.39, 0.29) is 0 Å². The summed E-state index contributed by atoms with van der Waals surface area (Å²) in [4.78, 5) is 0. The first kappa shape index (κ1) is 12.9. The molecule has 0 N–H and O–H groups in total. The number of hydrogen-bond acceptors (Lipinski definition) is 1. The maximum atomic E-state index is 6.05. The summed E-state index contributed by atoms with van der Waals surface area (Å²) in [6, 6.07) is 1.06. The first-order valence-corrected chi connectivity index (χ1v) is 8.42. The van der Waals surface area contributed by atoms with Crippen molar-refractivity contribution in [2.24, 2.45) is 0 Å². The lowest BCUT2D eigenvalue weighted by Crippen LogP contribution is -2.33. The summed E-state index contributed by atoms with van der Waals surface area (Å²) in [5.41, 5.74) is 0. The zero-order valence-electron chi connectivity index (χ0n) is 9.60. The van der Waals surface area contributed by atoms with E-state index in [0.717, 1.165) is 6.04 Å². The molecule has 0 saturated carbocycles. The third-order valence-electron chi connectivity index (χ3n) is 2.12. The molecule has 78 valence electrons. The molecule has 0 aliphatic carbocycles. The summed E-state index contributed by atoms with van der Waals surface area (Å²) < 4.78 is 6.05. The largest absolute Gasteiger partial charge is 0.414 e. The summed E-state index contributed by atoms with van der Waals surface area (Å²) >= 11 is 0. The predicted octanol–water partition coefficient (Wildman–Crippen LogP) is 3.97. The topological polar surface area (TPSA) is 9.23 Å². The third kappa shape index (κ3) is 7.02. The summed E-state index contributed by atoms with van der Waals surface area (Å²) in [7, 11) is -1.43. The fourth-order valence-electron chi connectivity index (χ4n) is 1.49. The first-order chi connectivity index (χ1) is 6.02. The molecule has 1 unspecified atom stereocenters. The Morgan fingerprint density at radius 3 is 2.54 bits per heavy atom. The van der Waals surface area contributed by atoms with E-state index in [0.29, 0.717) is 6.10 Å². The van der Waals surface area contributed by atoms with Crippen LogP contribution in [0.25, 0.3) is 0 Å². The second kappa shape index (κ2) is 6.38. The van der Waals surface area contributed by atoms with Gasteiger partial charge in [-0.2, -0.15) is 0 Å². The Morgan fingerprint density at radius 1 is 1.46 bits per heavy atom. The van der Waals surface area contributed by atoms with E-state index >= 15 is 0 Å². The molecule has 0 aromatic carbocycles. The Kier molecular flexibility index (Phi) is 6.34. The molecule has 0 aromatic heterocycles. The van der Waals surface area contributed by atoms with E-state index in [2.05, 4.69) is 33.5 Å². The number of unbranched alkanes of at least 4 members (excludes halogenated alkanes) is 1. The first-order valence-electron chi connectivity index (χ1n) is 5.30. The van der Waals surface area contributed by atoms with Gasteiger partial charge in [-0.05, 0) is 32.5 Å². The summed E-state index contributed by atoms with van der Waals surface area (Å²) in [5.74, 6) is 0. The predicted molar refractivity (Wildman–Crippen MR) is 62.6 cm³/mol. The molecule has 13 heavy (non-hydrogen) atoms. The minimum absolute atomic E-state index is 0.432. The van der Waals surface area contributed by atoms with Crippen LogP contribution in [0.5, 0.6) is 0 Å². The van der Waals surface area contributed by atoms with Crippen LogP contribution in [0, 0.1) is 0 Å². The lowest BCUT2D eigenvalue weighted by molar-refractivity contribution is 0.198. The lowest BCUT2D eigenvalue weighted by Gasteiger charge is -2.26. The van der Waals surface area contributed by atoms with Gasteiger partial charge in [0.25, 0.3) is 0 Å². The number of allylic oxidation sites excluding steroid dienone is 1. The van der Waals surface area contributed by atoms with E-state index in [1.807, 2.05) is 6.08 Å². The highest BCUT2D eigenvalue weighted by Crippen LogP contribution is 2.16. The van der Waals surface area contributed by atoms with Gasteiger partial charge < -0.3 is 4.43 Å². The van der Waals surface area contributed by atoms with Crippen LogP contribution < -0.4 is 0 Å². The highest BCUT2D eigenvalue weighted by Gasteiger charge is 2.22. The van der Waals surface area contributed by atoms with Gasteiger partial charge in [-0.25, -0.2) is 0 Å². The molecular formula is C11H24OSi. The van der Waals surface area contributed by atoms with Gasteiger partial charge in [0.1, 0.15) is 0 Å². The molecule has 0 aromatic rings. The van der Waals surface area contributed by atoms with Crippen molar-refractivity contribution in [3.05, 3.63) is 12.7 Å². The number of rotatable bonds is 7. The van der Waals surface area contributed by atoms with Gasteiger partial charge in [0.15, 0.2) is 8.32 Å². The molecule has 0 aliphatic heterocycles. The molecule has 0 fully saturated rings. The molecule has 2 heteroatoms. The van der Waals surface area contributed by atoms with E-state index in [1.54, 1.807) is 0 Å². The van der Waals surface area contributed by atoms with Gasteiger partial charge >= 0.3 is 0 Å². The third-order valence-corrected chi connectivity index (χ3v) is 4.43. The van der Waals surface area contributed by atoms with Crippen LogP contribution in [-0.4, -0.2) is 14.4 Å². The van der Waals surface area contributed by atoms with Crippen molar-refractivity contribution >= 4 is 8.32 Å². The average Bonchev–Trinajstić information content (AvgIpc) is 1.99. The fourth-order valence-corrected chi connectivity index (χ4v) is 3.49. The lowest BCUT2D eigenvalue weighted by atomic mass is 10.2. The Bertz CT molecular complexity index is 143. The van der Waals surface area contributed by atoms with E-state index < -0.39 is 8.32 Å². The quantitative estimate of drug-likeness (QED) is 0.446. The monoisotopic (exact) mass is 200 g/mol. The second-order valence-corrected chi connectivity index (χ2v) is 8.49. The van der Waals surface area contributed by atoms with Crippen molar-refractivity contribution in [1.82, 2.24) is 0 Å². The second-order valence-electron chi connectivity index (χ2n) is 4.32. The minimum Gasteiger partial charge on any atom is -0.414 e. The highest BCUT2D eigenvalue weighted by molar-refractivity contribution is 6.71.